The lowest BCUT2D eigenvalue weighted by molar-refractivity contribution is 0.0698. The van der Waals surface area contributed by atoms with Crippen LogP contribution in [0.15, 0.2) is 24.7 Å². The summed E-state index contributed by atoms with van der Waals surface area (Å²) in [5.41, 5.74) is 2.51. The summed E-state index contributed by atoms with van der Waals surface area (Å²) >= 11 is 0. The van der Waals surface area contributed by atoms with E-state index in [0.29, 0.717) is 11.7 Å². The largest absolute Gasteiger partial charge is 0.478 e. The van der Waals surface area contributed by atoms with Gasteiger partial charge in [-0.25, -0.2) is 4.79 Å². The van der Waals surface area contributed by atoms with Gasteiger partial charge in [-0.05, 0) is 45.3 Å². The normalized spacial score (nSPS) is 18.4. The van der Waals surface area contributed by atoms with Crippen LogP contribution in [0, 0.1) is 6.92 Å². The molecular weight excluding hydrogens is 294 g/mol. The maximum absolute atomic E-state index is 11.3. The molecule has 1 aliphatic heterocycles. The Kier molecular flexibility index (Phi) is 4.57. The molecular formula is C16H21N5O2. The molecule has 1 saturated heterocycles. The van der Waals surface area contributed by atoms with Crippen molar-refractivity contribution in [1.82, 2.24) is 20.1 Å². The van der Waals surface area contributed by atoms with E-state index in [0.717, 1.165) is 43.7 Å². The quantitative estimate of drug-likeness (QED) is 0.802. The fourth-order valence-electron chi connectivity index (χ4n) is 2.99. The number of carboxylic acids is 1. The van der Waals surface area contributed by atoms with Crippen LogP contribution < -0.4 is 10.6 Å². The molecule has 0 amide bonds. The van der Waals surface area contributed by atoms with Crippen LogP contribution in [-0.4, -0.2) is 38.9 Å². The van der Waals surface area contributed by atoms with Crippen molar-refractivity contribution < 1.29 is 9.90 Å². The molecule has 7 heteroatoms. The van der Waals surface area contributed by atoms with Crippen LogP contribution in [0.5, 0.6) is 0 Å². The molecule has 0 radical (unpaired) electrons. The molecule has 0 aliphatic carbocycles. The van der Waals surface area contributed by atoms with E-state index in [1.165, 1.54) is 18.5 Å². The van der Waals surface area contributed by atoms with Gasteiger partial charge < -0.3 is 15.7 Å². The van der Waals surface area contributed by atoms with Crippen molar-refractivity contribution in [3.05, 3.63) is 35.9 Å². The number of rotatable bonds is 4. The Morgan fingerprint density at radius 3 is 3.04 bits per heavy atom. The highest BCUT2D eigenvalue weighted by molar-refractivity contribution is 5.94. The monoisotopic (exact) mass is 315 g/mol. The standard InChI is InChI=1S/C16H21N5O2/c1-11-14(20-15-9-18-8-5-13(15)16(22)23)10-19-21(11)12-3-2-6-17-7-4-12/h5,8-10,12,17,20H,2-4,6-7H2,1H3,(H,22,23)/t12-/m1/s1. The first-order valence-corrected chi connectivity index (χ1v) is 7.86. The molecule has 122 valence electrons. The lowest BCUT2D eigenvalue weighted by Crippen LogP contribution is -2.16. The van der Waals surface area contributed by atoms with Crippen LogP contribution in [-0.2, 0) is 0 Å². The minimum atomic E-state index is -0.977. The van der Waals surface area contributed by atoms with Crippen molar-refractivity contribution in [2.75, 3.05) is 18.4 Å². The molecule has 2 aromatic rings. The Balaban J connectivity index is 1.84. The van der Waals surface area contributed by atoms with Crippen LogP contribution in [0.25, 0.3) is 0 Å². The fraction of sp³-hybridized carbons (Fsp3) is 0.438. The van der Waals surface area contributed by atoms with Crippen LogP contribution in [0.3, 0.4) is 0 Å². The second-order valence-corrected chi connectivity index (χ2v) is 5.77. The SMILES string of the molecule is Cc1c(Nc2cnccc2C(=O)O)cnn1[C@@H]1CCCNCC1. The summed E-state index contributed by atoms with van der Waals surface area (Å²) in [6.07, 6.45) is 8.04. The number of nitrogens with zero attached hydrogens (tertiary/aromatic N) is 3. The van der Waals surface area contributed by atoms with Gasteiger partial charge in [0.1, 0.15) is 0 Å². The van der Waals surface area contributed by atoms with Crippen molar-refractivity contribution in [3.8, 4) is 0 Å². The summed E-state index contributed by atoms with van der Waals surface area (Å²) in [7, 11) is 0. The van der Waals surface area contributed by atoms with Gasteiger partial charge in [0.15, 0.2) is 0 Å². The highest BCUT2D eigenvalue weighted by atomic mass is 16.4. The van der Waals surface area contributed by atoms with Gasteiger partial charge in [-0.1, -0.05) is 0 Å². The molecule has 3 N–H and O–H groups in total. The first-order valence-electron chi connectivity index (χ1n) is 7.86. The van der Waals surface area contributed by atoms with Crippen molar-refractivity contribution in [1.29, 1.82) is 0 Å². The molecule has 2 aromatic heterocycles. The molecule has 3 rings (SSSR count). The number of pyridine rings is 1. The van der Waals surface area contributed by atoms with Crippen LogP contribution in [0.2, 0.25) is 0 Å². The second-order valence-electron chi connectivity index (χ2n) is 5.77. The summed E-state index contributed by atoms with van der Waals surface area (Å²) in [5, 5.41) is 20.3. The van der Waals surface area contributed by atoms with Crippen molar-refractivity contribution >= 4 is 17.3 Å². The zero-order chi connectivity index (χ0) is 16.2. The number of aromatic nitrogens is 3. The molecule has 0 spiro atoms. The van der Waals surface area contributed by atoms with E-state index in [2.05, 4.69) is 20.7 Å². The van der Waals surface area contributed by atoms with Gasteiger partial charge in [-0.2, -0.15) is 5.10 Å². The molecule has 1 aliphatic rings. The van der Waals surface area contributed by atoms with Crippen molar-refractivity contribution in [3.63, 3.8) is 0 Å². The summed E-state index contributed by atoms with van der Waals surface area (Å²) in [6.45, 7) is 4.06. The van der Waals surface area contributed by atoms with Gasteiger partial charge >= 0.3 is 5.97 Å². The Hall–Kier alpha value is -2.41. The van der Waals surface area contributed by atoms with E-state index in [1.807, 2.05) is 11.6 Å². The predicted molar refractivity (Wildman–Crippen MR) is 87.2 cm³/mol. The molecule has 1 fully saturated rings. The Bertz CT molecular complexity index is 690. The average Bonchev–Trinajstić information content (AvgIpc) is 2.77. The smallest absolute Gasteiger partial charge is 0.337 e. The minimum absolute atomic E-state index is 0.200. The van der Waals surface area contributed by atoms with E-state index in [9.17, 15) is 9.90 Å². The molecule has 23 heavy (non-hydrogen) atoms. The third kappa shape index (κ3) is 3.34. The van der Waals surface area contributed by atoms with E-state index < -0.39 is 5.97 Å². The predicted octanol–water partition coefficient (Wildman–Crippen LogP) is 2.34. The maximum atomic E-state index is 11.3. The third-order valence-electron chi connectivity index (χ3n) is 4.26. The average molecular weight is 315 g/mol. The van der Waals surface area contributed by atoms with Crippen LogP contribution in [0.1, 0.15) is 41.4 Å². The molecule has 1 atom stereocenters. The zero-order valence-corrected chi connectivity index (χ0v) is 13.1. The number of carboxylic acid groups (broad SMARTS) is 1. The Morgan fingerprint density at radius 1 is 1.35 bits per heavy atom. The molecule has 0 unspecified atom stereocenters. The van der Waals surface area contributed by atoms with Gasteiger partial charge in [0.25, 0.3) is 0 Å². The molecule has 0 saturated carbocycles. The number of nitrogens with one attached hydrogen (secondary N) is 2. The topological polar surface area (TPSA) is 92.1 Å². The lowest BCUT2D eigenvalue weighted by atomic mass is 10.1. The zero-order valence-electron chi connectivity index (χ0n) is 13.1. The molecule has 0 aromatic carbocycles. The summed E-state index contributed by atoms with van der Waals surface area (Å²) in [6, 6.07) is 1.87. The van der Waals surface area contributed by atoms with Crippen molar-refractivity contribution in [2.24, 2.45) is 0 Å². The number of hydrogen-bond acceptors (Lipinski definition) is 5. The molecule has 0 bridgehead atoms. The third-order valence-corrected chi connectivity index (χ3v) is 4.26. The van der Waals surface area contributed by atoms with E-state index >= 15 is 0 Å². The second kappa shape index (κ2) is 6.78. The molecule has 7 nitrogen and oxygen atoms in total. The summed E-state index contributed by atoms with van der Waals surface area (Å²) < 4.78 is 2.05. The van der Waals surface area contributed by atoms with Crippen LogP contribution >= 0.6 is 0 Å². The van der Waals surface area contributed by atoms with Gasteiger partial charge in [-0.15, -0.1) is 0 Å². The fourth-order valence-corrected chi connectivity index (χ4v) is 2.99. The maximum Gasteiger partial charge on any atom is 0.337 e. The Labute approximate surface area is 134 Å². The molecule has 3 heterocycles. The van der Waals surface area contributed by atoms with Gasteiger partial charge in [0.2, 0.25) is 0 Å². The number of carbonyl (C=O) groups is 1. The summed E-state index contributed by atoms with van der Waals surface area (Å²) in [4.78, 5) is 15.3. The van der Waals surface area contributed by atoms with E-state index in [1.54, 1.807) is 6.20 Å². The first kappa shape index (κ1) is 15.5. The number of aromatic carboxylic acids is 1. The number of hydrogen-bond donors (Lipinski definition) is 3. The minimum Gasteiger partial charge on any atom is -0.478 e. The van der Waals surface area contributed by atoms with Gasteiger partial charge in [0.05, 0.1) is 41.1 Å². The Morgan fingerprint density at radius 2 is 2.22 bits per heavy atom. The van der Waals surface area contributed by atoms with E-state index in [-0.39, 0.29) is 5.56 Å². The number of anilines is 2. The van der Waals surface area contributed by atoms with Gasteiger partial charge in [-0.3, -0.25) is 9.67 Å². The van der Waals surface area contributed by atoms with Gasteiger partial charge in [0, 0.05) is 6.20 Å². The van der Waals surface area contributed by atoms with Crippen molar-refractivity contribution in [2.45, 2.75) is 32.2 Å². The highest BCUT2D eigenvalue weighted by Gasteiger charge is 2.19. The first-order chi connectivity index (χ1) is 11.2. The van der Waals surface area contributed by atoms with Crippen LogP contribution in [0.4, 0.5) is 11.4 Å². The summed E-state index contributed by atoms with van der Waals surface area (Å²) in [5.74, 6) is -0.977. The van der Waals surface area contributed by atoms with E-state index in [4.69, 9.17) is 0 Å². The highest BCUT2D eigenvalue weighted by Crippen LogP contribution is 2.27. The lowest BCUT2D eigenvalue weighted by Gasteiger charge is -2.17.